The molecule has 2 heterocycles. The summed E-state index contributed by atoms with van der Waals surface area (Å²) in [5.74, 6) is -3.49. The van der Waals surface area contributed by atoms with Crippen molar-refractivity contribution in [1.29, 1.82) is 0 Å². The Bertz CT molecular complexity index is 862. The van der Waals surface area contributed by atoms with Crippen LogP contribution in [0.4, 0.5) is 4.39 Å². The molecule has 0 bridgehead atoms. The summed E-state index contributed by atoms with van der Waals surface area (Å²) in [6, 6.07) is 0. The molecule has 27 heavy (non-hydrogen) atoms. The SMILES string of the molecule is CC(=O)OC[C@H]1O[C@@H](n2cc(F)c(=O)[nH]c2=O)[C@H](OC(C)=O)[C@H]1OC(C)=O. The zero-order chi connectivity index (χ0) is 20.3. The van der Waals surface area contributed by atoms with E-state index in [-0.39, 0.29) is 6.61 Å². The number of nitrogens with zero attached hydrogens (tertiary/aromatic N) is 1. The van der Waals surface area contributed by atoms with Gasteiger partial charge in [0.05, 0.1) is 6.20 Å². The molecule has 1 aliphatic heterocycles. The second kappa shape index (κ2) is 8.12. The Morgan fingerprint density at radius 1 is 1.11 bits per heavy atom. The molecule has 1 aliphatic rings. The average molecular weight is 388 g/mol. The fourth-order valence-electron chi connectivity index (χ4n) is 2.57. The Labute approximate surface area is 151 Å². The van der Waals surface area contributed by atoms with E-state index in [2.05, 4.69) is 0 Å². The van der Waals surface area contributed by atoms with Crippen LogP contribution in [0.25, 0.3) is 0 Å². The minimum absolute atomic E-state index is 0.387. The van der Waals surface area contributed by atoms with Crippen molar-refractivity contribution in [3.63, 3.8) is 0 Å². The van der Waals surface area contributed by atoms with E-state index in [1.807, 2.05) is 0 Å². The lowest BCUT2D eigenvalue weighted by molar-refractivity contribution is -0.166. The molecule has 0 saturated carbocycles. The molecule has 12 heteroatoms. The zero-order valence-electron chi connectivity index (χ0n) is 14.6. The van der Waals surface area contributed by atoms with Crippen LogP contribution in [0.3, 0.4) is 0 Å². The van der Waals surface area contributed by atoms with Crippen molar-refractivity contribution in [3.05, 3.63) is 32.9 Å². The minimum Gasteiger partial charge on any atom is -0.463 e. The van der Waals surface area contributed by atoms with Crippen LogP contribution in [0.2, 0.25) is 0 Å². The average Bonchev–Trinajstić information content (AvgIpc) is 2.85. The predicted molar refractivity (Wildman–Crippen MR) is 82.9 cm³/mol. The summed E-state index contributed by atoms with van der Waals surface area (Å²) in [5, 5.41) is 0. The molecule has 148 valence electrons. The number of aromatic nitrogens is 2. The highest BCUT2D eigenvalue weighted by Gasteiger charge is 2.51. The Kier molecular flexibility index (Phi) is 6.10. The number of hydrogen-bond acceptors (Lipinski definition) is 9. The van der Waals surface area contributed by atoms with Gasteiger partial charge in [0.25, 0.3) is 5.56 Å². The van der Waals surface area contributed by atoms with Crippen LogP contribution >= 0.6 is 0 Å². The van der Waals surface area contributed by atoms with Gasteiger partial charge in [-0.3, -0.25) is 28.7 Å². The summed E-state index contributed by atoms with van der Waals surface area (Å²) < 4.78 is 34.9. The van der Waals surface area contributed by atoms with Gasteiger partial charge in [0, 0.05) is 20.8 Å². The number of aromatic amines is 1. The molecule has 0 unspecified atom stereocenters. The maximum absolute atomic E-state index is 13.6. The summed E-state index contributed by atoms with van der Waals surface area (Å²) in [6.07, 6.45) is -4.61. The number of carbonyl (C=O) groups is 3. The van der Waals surface area contributed by atoms with E-state index in [0.29, 0.717) is 10.8 Å². The van der Waals surface area contributed by atoms with E-state index in [9.17, 15) is 28.4 Å². The van der Waals surface area contributed by atoms with E-state index in [1.165, 1.54) is 0 Å². The lowest BCUT2D eigenvalue weighted by Gasteiger charge is -2.23. The molecule has 0 aromatic carbocycles. The first-order chi connectivity index (χ1) is 12.6. The van der Waals surface area contributed by atoms with Gasteiger partial charge in [0.15, 0.2) is 18.4 Å². The monoisotopic (exact) mass is 388 g/mol. The fourth-order valence-corrected chi connectivity index (χ4v) is 2.57. The largest absolute Gasteiger partial charge is 0.463 e. The molecule has 2 rings (SSSR count). The van der Waals surface area contributed by atoms with Gasteiger partial charge in [-0.25, -0.2) is 4.79 Å². The number of ether oxygens (including phenoxy) is 4. The normalized spacial score (nSPS) is 24.3. The summed E-state index contributed by atoms with van der Waals surface area (Å²) in [5.41, 5.74) is -2.29. The van der Waals surface area contributed by atoms with Crippen LogP contribution in [-0.2, 0) is 33.3 Å². The topological polar surface area (TPSA) is 143 Å². The minimum atomic E-state index is -1.45. The summed E-state index contributed by atoms with van der Waals surface area (Å²) >= 11 is 0. The van der Waals surface area contributed by atoms with Crippen LogP contribution in [-0.4, -0.2) is 52.4 Å². The lowest BCUT2D eigenvalue weighted by Crippen LogP contribution is -2.42. The summed E-state index contributed by atoms with van der Waals surface area (Å²) in [6.45, 7) is 2.91. The van der Waals surface area contributed by atoms with Crippen molar-refractivity contribution in [3.8, 4) is 0 Å². The summed E-state index contributed by atoms with van der Waals surface area (Å²) in [7, 11) is 0. The van der Waals surface area contributed by atoms with Crippen molar-refractivity contribution < 1.29 is 37.7 Å². The molecule has 1 saturated heterocycles. The third-order valence-electron chi connectivity index (χ3n) is 3.54. The quantitative estimate of drug-likeness (QED) is 0.496. The van der Waals surface area contributed by atoms with E-state index < -0.39 is 59.5 Å². The maximum Gasteiger partial charge on any atom is 0.330 e. The third kappa shape index (κ3) is 4.78. The van der Waals surface area contributed by atoms with Crippen molar-refractivity contribution >= 4 is 17.9 Å². The van der Waals surface area contributed by atoms with Gasteiger partial charge in [0.2, 0.25) is 5.82 Å². The number of rotatable bonds is 5. The Morgan fingerprint density at radius 2 is 1.70 bits per heavy atom. The number of H-pyrrole nitrogens is 1. The first-order valence-corrected chi connectivity index (χ1v) is 7.74. The second-order valence-electron chi connectivity index (χ2n) is 5.66. The van der Waals surface area contributed by atoms with Crippen molar-refractivity contribution in [2.24, 2.45) is 0 Å². The van der Waals surface area contributed by atoms with E-state index in [0.717, 1.165) is 20.8 Å². The van der Waals surface area contributed by atoms with E-state index in [4.69, 9.17) is 18.9 Å². The van der Waals surface area contributed by atoms with Crippen molar-refractivity contribution in [2.45, 2.75) is 45.3 Å². The summed E-state index contributed by atoms with van der Waals surface area (Å²) in [4.78, 5) is 58.9. The molecule has 1 aromatic heterocycles. The first kappa shape index (κ1) is 20.3. The molecular weight excluding hydrogens is 371 g/mol. The van der Waals surface area contributed by atoms with Crippen LogP contribution in [0, 0.1) is 5.82 Å². The van der Waals surface area contributed by atoms with Crippen molar-refractivity contribution in [1.82, 2.24) is 9.55 Å². The molecule has 1 N–H and O–H groups in total. The standard InChI is InChI=1S/C15H17FN2O9/c1-6(19)24-5-10-11(25-7(2)20)12(26-8(3)21)14(27-10)18-4-9(16)13(22)17-15(18)23/h4,10-12,14H,5H2,1-3H3,(H,17,22,23)/t10-,11+,12-,14-/m1/s1. The van der Waals surface area contributed by atoms with E-state index >= 15 is 0 Å². The first-order valence-electron chi connectivity index (χ1n) is 7.74. The van der Waals surface area contributed by atoms with Gasteiger partial charge in [-0.05, 0) is 0 Å². The van der Waals surface area contributed by atoms with Crippen LogP contribution in [0.15, 0.2) is 15.8 Å². The van der Waals surface area contributed by atoms with Crippen LogP contribution in [0.1, 0.15) is 27.0 Å². The molecule has 4 atom stereocenters. The van der Waals surface area contributed by atoms with Crippen LogP contribution < -0.4 is 11.2 Å². The van der Waals surface area contributed by atoms with Gasteiger partial charge < -0.3 is 18.9 Å². The van der Waals surface area contributed by atoms with Gasteiger partial charge >= 0.3 is 23.6 Å². The van der Waals surface area contributed by atoms with Gasteiger partial charge in [-0.2, -0.15) is 4.39 Å². The molecule has 1 aromatic rings. The predicted octanol–water partition coefficient (Wildman–Crippen LogP) is -1.00. The molecule has 0 aliphatic carbocycles. The number of hydrogen-bond donors (Lipinski definition) is 1. The van der Waals surface area contributed by atoms with Crippen LogP contribution in [0.5, 0.6) is 0 Å². The van der Waals surface area contributed by atoms with Crippen molar-refractivity contribution in [2.75, 3.05) is 6.61 Å². The Balaban J connectivity index is 2.47. The Morgan fingerprint density at radius 3 is 2.26 bits per heavy atom. The smallest absolute Gasteiger partial charge is 0.330 e. The number of esters is 3. The third-order valence-corrected chi connectivity index (χ3v) is 3.54. The highest BCUT2D eigenvalue weighted by Crippen LogP contribution is 2.33. The molecule has 0 amide bonds. The Hall–Kier alpha value is -3.02. The van der Waals surface area contributed by atoms with Gasteiger partial charge in [-0.15, -0.1) is 0 Å². The fraction of sp³-hybridized carbons (Fsp3) is 0.533. The second-order valence-corrected chi connectivity index (χ2v) is 5.66. The van der Waals surface area contributed by atoms with Gasteiger partial charge in [0.1, 0.15) is 12.7 Å². The lowest BCUT2D eigenvalue weighted by atomic mass is 10.1. The molecule has 11 nitrogen and oxygen atoms in total. The highest BCUT2D eigenvalue weighted by molar-refractivity contribution is 5.67. The highest BCUT2D eigenvalue weighted by atomic mass is 19.1. The number of halogens is 1. The molecule has 0 spiro atoms. The molecule has 0 radical (unpaired) electrons. The van der Waals surface area contributed by atoms with E-state index in [1.54, 1.807) is 4.98 Å². The maximum atomic E-state index is 13.6. The molecule has 1 fully saturated rings. The number of nitrogens with one attached hydrogen (secondary N) is 1. The van der Waals surface area contributed by atoms with Gasteiger partial charge in [-0.1, -0.05) is 0 Å². The molecular formula is C15H17FN2O9. The zero-order valence-corrected chi connectivity index (χ0v) is 14.6. The number of carbonyl (C=O) groups excluding carboxylic acids is 3.